The van der Waals surface area contributed by atoms with Crippen LogP contribution in [0.1, 0.15) is 43.9 Å². The topological polar surface area (TPSA) is 79.8 Å². The van der Waals surface area contributed by atoms with Gasteiger partial charge in [-0.25, -0.2) is 10.2 Å². The summed E-state index contributed by atoms with van der Waals surface area (Å²) in [5, 5.41) is 6.90. The molecular weight excluding hydrogens is 342 g/mol. The number of ether oxygens (including phenoxy) is 1. The standard InChI is InChI=1S/C21H23N3O3/c1-3-18(15-7-5-4-6-8-15)27-21(26)22-17-11-9-16(10-12-17)20-14(2)13-19(25)23-24-20/h4-12,14,18H,3,13H2,1-2H3,(H,22,26)(H,23,25). The van der Waals surface area contributed by atoms with E-state index in [0.29, 0.717) is 18.5 Å². The molecule has 2 N–H and O–H groups in total. The van der Waals surface area contributed by atoms with Crippen molar-refractivity contribution in [2.24, 2.45) is 11.0 Å². The maximum absolute atomic E-state index is 12.2. The smallest absolute Gasteiger partial charge is 0.412 e. The van der Waals surface area contributed by atoms with Gasteiger partial charge in [0.05, 0.1) is 5.71 Å². The van der Waals surface area contributed by atoms with Crippen molar-refractivity contribution in [3.8, 4) is 0 Å². The van der Waals surface area contributed by atoms with Gasteiger partial charge in [-0.3, -0.25) is 10.1 Å². The van der Waals surface area contributed by atoms with Crippen LogP contribution in [0.2, 0.25) is 0 Å². The fourth-order valence-corrected chi connectivity index (χ4v) is 3.06. The van der Waals surface area contributed by atoms with Crippen LogP contribution in [0.3, 0.4) is 0 Å². The summed E-state index contributed by atoms with van der Waals surface area (Å²) in [6.07, 6.45) is 0.337. The second kappa shape index (κ2) is 8.49. The first-order valence-corrected chi connectivity index (χ1v) is 9.06. The minimum Gasteiger partial charge on any atom is -0.441 e. The van der Waals surface area contributed by atoms with Crippen molar-refractivity contribution < 1.29 is 14.3 Å². The molecule has 2 unspecified atom stereocenters. The van der Waals surface area contributed by atoms with Gasteiger partial charge >= 0.3 is 6.09 Å². The quantitative estimate of drug-likeness (QED) is 0.831. The molecule has 0 spiro atoms. The molecule has 27 heavy (non-hydrogen) atoms. The van der Waals surface area contributed by atoms with Crippen LogP contribution >= 0.6 is 0 Å². The van der Waals surface area contributed by atoms with Crippen molar-refractivity contribution in [1.82, 2.24) is 5.43 Å². The zero-order valence-electron chi connectivity index (χ0n) is 15.4. The number of rotatable bonds is 5. The van der Waals surface area contributed by atoms with Crippen LogP contribution in [-0.2, 0) is 9.53 Å². The number of nitrogens with zero attached hydrogens (tertiary/aromatic N) is 1. The van der Waals surface area contributed by atoms with Crippen LogP contribution in [0, 0.1) is 5.92 Å². The SMILES string of the molecule is CCC(OC(=O)Nc1ccc(C2=NNC(=O)CC2C)cc1)c1ccccc1. The van der Waals surface area contributed by atoms with Gasteiger partial charge in [-0.1, -0.05) is 56.3 Å². The van der Waals surface area contributed by atoms with Gasteiger partial charge in [0.2, 0.25) is 5.91 Å². The van der Waals surface area contributed by atoms with E-state index < -0.39 is 6.09 Å². The molecule has 2 amide bonds. The number of hydrogen-bond acceptors (Lipinski definition) is 4. The third-order valence-corrected chi connectivity index (χ3v) is 4.48. The molecule has 6 heteroatoms. The van der Waals surface area contributed by atoms with Crippen molar-refractivity contribution in [1.29, 1.82) is 0 Å². The molecule has 2 atom stereocenters. The fourth-order valence-electron chi connectivity index (χ4n) is 3.06. The predicted molar refractivity (Wildman–Crippen MR) is 104 cm³/mol. The van der Waals surface area contributed by atoms with E-state index in [1.165, 1.54) is 0 Å². The summed E-state index contributed by atoms with van der Waals surface area (Å²) in [5.41, 5.74) is 5.86. The molecule has 6 nitrogen and oxygen atoms in total. The largest absolute Gasteiger partial charge is 0.441 e. The Morgan fingerprint density at radius 3 is 2.56 bits per heavy atom. The van der Waals surface area contributed by atoms with Gasteiger partial charge in [-0.2, -0.15) is 5.10 Å². The number of hydrazone groups is 1. The number of anilines is 1. The Kier molecular flexibility index (Phi) is 5.86. The molecule has 0 aliphatic carbocycles. The van der Waals surface area contributed by atoms with E-state index >= 15 is 0 Å². The lowest BCUT2D eigenvalue weighted by Gasteiger charge is -2.19. The summed E-state index contributed by atoms with van der Waals surface area (Å²) in [7, 11) is 0. The Labute approximate surface area is 158 Å². The lowest BCUT2D eigenvalue weighted by Crippen LogP contribution is -2.31. The Balaban J connectivity index is 1.62. The summed E-state index contributed by atoms with van der Waals surface area (Å²) < 4.78 is 5.54. The normalized spacial score (nSPS) is 17.5. The summed E-state index contributed by atoms with van der Waals surface area (Å²) >= 11 is 0. The minimum atomic E-state index is -0.492. The number of carbonyl (C=O) groups is 2. The van der Waals surface area contributed by atoms with Gasteiger partial charge in [0.1, 0.15) is 6.10 Å². The summed E-state index contributed by atoms with van der Waals surface area (Å²) in [5.74, 6) is -0.0186. The van der Waals surface area contributed by atoms with Gasteiger partial charge in [-0.05, 0) is 29.7 Å². The highest BCUT2D eigenvalue weighted by Crippen LogP contribution is 2.22. The van der Waals surface area contributed by atoms with Crippen molar-refractivity contribution >= 4 is 23.4 Å². The minimum absolute atomic E-state index is 0.0544. The molecule has 2 aromatic rings. The molecular formula is C21H23N3O3. The predicted octanol–water partition coefficient (Wildman–Crippen LogP) is 4.25. The van der Waals surface area contributed by atoms with Gasteiger partial charge in [-0.15, -0.1) is 0 Å². The van der Waals surface area contributed by atoms with Gasteiger partial charge in [0, 0.05) is 18.0 Å². The molecule has 3 rings (SSSR count). The van der Waals surface area contributed by atoms with Gasteiger partial charge < -0.3 is 4.74 Å². The highest BCUT2D eigenvalue weighted by molar-refractivity contribution is 6.06. The average Bonchev–Trinajstić information content (AvgIpc) is 2.68. The molecule has 0 fully saturated rings. The first-order valence-electron chi connectivity index (χ1n) is 9.06. The zero-order chi connectivity index (χ0) is 19.2. The van der Waals surface area contributed by atoms with Crippen LogP contribution in [0.25, 0.3) is 0 Å². The van der Waals surface area contributed by atoms with Crippen LogP contribution < -0.4 is 10.7 Å². The van der Waals surface area contributed by atoms with Gasteiger partial charge in [0.25, 0.3) is 0 Å². The Bertz CT molecular complexity index is 832. The van der Waals surface area contributed by atoms with E-state index in [1.54, 1.807) is 12.1 Å². The lowest BCUT2D eigenvalue weighted by atomic mass is 9.94. The fraction of sp³-hybridized carbons (Fsp3) is 0.286. The monoisotopic (exact) mass is 365 g/mol. The van der Waals surface area contributed by atoms with Crippen LogP contribution in [0.5, 0.6) is 0 Å². The first kappa shape index (κ1) is 18.6. The molecule has 1 aliphatic rings. The Hall–Kier alpha value is -3.15. The van der Waals surface area contributed by atoms with E-state index in [1.807, 2.05) is 56.3 Å². The molecule has 140 valence electrons. The van der Waals surface area contributed by atoms with Crippen molar-refractivity contribution in [3.63, 3.8) is 0 Å². The molecule has 1 heterocycles. The number of amides is 2. The van der Waals surface area contributed by atoms with Crippen LogP contribution in [0.15, 0.2) is 59.7 Å². The van der Waals surface area contributed by atoms with Crippen molar-refractivity contribution in [2.45, 2.75) is 32.8 Å². The molecule has 2 aromatic carbocycles. The third-order valence-electron chi connectivity index (χ3n) is 4.48. The van der Waals surface area contributed by atoms with Crippen molar-refractivity contribution in [2.75, 3.05) is 5.32 Å². The maximum Gasteiger partial charge on any atom is 0.412 e. The highest BCUT2D eigenvalue weighted by Gasteiger charge is 2.21. The lowest BCUT2D eigenvalue weighted by molar-refractivity contribution is -0.121. The average molecular weight is 365 g/mol. The Morgan fingerprint density at radius 2 is 1.93 bits per heavy atom. The number of hydrogen-bond donors (Lipinski definition) is 2. The molecule has 0 saturated carbocycles. The van der Waals surface area contributed by atoms with Crippen LogP contribution in [-0.4, -0.2) is 17.7 Å². The van der Waals surface area contributed by atoms with E-state index in [-0.39, 0.29) is 17.9 Å². The zero-order valence-corrected chi connectivity index (χ0v) is 15.4. The summed E-state index contributed by atoms with van der Waals surface area (Å²) in [4.78, 5) is 23.6. The van der Waals surface area contributed by atoms with E-state index in [0.717, 1.165) is 16.8 Å². The molecule has 0 bridgehead atoms. The molecule has 0 aromatic heterocycles. The first-order chi connectivity index (χ1) is 13.1. The summed E-state index contributed by atoms with van der Waals surface area (Å²) in [6, 6.07) is 17.0. The summed E-state index contributed by atoms with van der Waals surface area (Å²) in [6.45, 7) is 3.94. The number of benzene rings is 2. The third kappa shape index (κ3) is 4.73. The number of nitrogens with one attached hydrogen (secondary N) is 2. The van der Waals surface area contributed by atoms with E-state index in [9.17, 15) is 9.59 Å². The van der Waals surface area contributed by atoms with Crippen LogP contribution in [0.4, 0.5) is 10.5 Å². The second-order valence-electron chi connectivity index (χ2n) is 6.55. The molecule has 1 aliphatic heterocycles. The van der Waals surface area contributed by atoms with Crippen molar-refractivity contribution in [3.05, 3.63) is 65.7 Å². The molecule has 0 radical (unpaired) electrons. The van der Waals surface area contributed by atoms with E-state index in [2.05, 4.69) is 15.8 Å². The van der Waals surface area contributed by atoms with E-state index in [4.69, 9.17) is 4.74 Å². The second-order valence-corrected chi connectivity index (χ2v) is 6.55. The molecule has 0 saturated heterocycles. The Morgan fingerprint density at radius 1 is 1.22 bits per heavy atom. The van der Waals surface area contributed by atoms with Gasteiger partial charge in [0.15, 0.2) is 0 Å². The maximum atomic E-state index is 12.2. The highest BCUT2D eigenvalue weighted by atomic mass is 16.6. The number of carbonyl (C=O) groups excluding carboxylic acids is 2.